The van der Waals surface area contributed by atoms with Crippen molar-refractivity contribution >= 4 is 51.7 Å². The van der Waals surface area contributed by atoms with Crippen molar-refractivity contribution in [3.05, 3.63) is 78.2 Å². The van der Waals surface area contributed by atoms with E-state index >= 15 is 0 Å². The normalized spacial score (nSPS) is 10.4. The molecule has 2 aromatic carbocycles. The molecule has 2 heterocycles. The first-order valence-corrected chi connectivity index (χ1v) is 9.97. The molecule has 0 aliphatic carbocycles. The Morgan fingerprint density at radius 1 is 0.938 bits per heavy atom. The molecule has 32 heavy (non-hydrogen) atoms. The molecule has 0 aliphatic heterocycles. The van der Waals surface area contributed by atoms with E-state index in [2.05, 4.69) is 15.3 Å². The van der Waals surface area contributed by atoms with Crippen LogP contribution < -0.4 is 5.32 Å². The first kappa shape index (κ1) is 23.0. The first-order valence-electron chi connectivity index (χ1n) is 9.97. The summed E-state index contributed by atoms with van der Waals surface area (Å²) in [5, 5.41) is 6.07. The second-order valence-corrected chi connectivity index (χ2v) is 6.75. The number of nitrogens with zero attached hydrogens (tertiary/aromatic N) is 2. The standard InChI is InChI=1S/C24H21N3O4.ClH/c1-2-30-24(29)20-15-27-21-18-8-4-3-6-16(18)9-10-19(21)22(20)26-12-13-31-23(28)17-7-5-11-25-14-17;/h3-11,14-15H,2,12-13H2,1H3,(H,26,27);1H. The van der Waals surface area contributed by atoms with Gasteiger partial charge in [-0.25, -0.2) is 9.59 Å². The van der Waals surface area contributed by atoms with Gasteiger partial charge < -0.3 is 14.8 Å². The molecule has 4 rings (SSSR count). The Kier molecular flexibility index (Phi) is 7.57. The van der Waals surface area contributed by atoms with Crippen molar-refractivity contribution in [1.82, 2.24) is 9.97 Å². The van der Waals surface area contributed by atoms with Crippen molar-refractivity contribution in [1.29, 1.82) is 0 Å². The molecule has 164 valence electrons. The molecule has 2 aromatic heterocycles. The molecule has 0 amide bonds. The highest BCUT2D eigenvalue weighted by Gasteiger charge is 2.18. The number of rotatable bonds is 7. The molecule has 4 aromatic rings. The monoisotopic (exact) mass is 451 g/mol. The van der Waals surface area contributed by atoms with Crippen LogP contribution in [0.4, 0.5) is 5.69 Å². The molecular weight excluding hydrogens is 430 g/mol. The number of anilines is 1. The number of hydrogen-bond donors (Lipinski definition) is 1. The molecule has 0 saturated heterocycles. The van der Waals surface area contributed by atoms with Gasteiger partial charge in [-0.05, 0) is 24.4 Å². The number of ether oxygens (including phenoxy) is 2. The van der Waals surface area contributed by atoms with Crippen molar-refractivity contribution in [2.75, 3.05) is 25.1 Å². The van der Waals surface area contributed by atoms with Crippen LogP contribution in [0, 0.1) is 0 Å². The molecule has 0 aliphatic rings. The van der Waals surface area contributed by atoms with Crippen LogP contribution in [0.2, 0.25) is 0 Å². The molecule has 0 unspecified atom stereocenters. The van der Waals surface area contributed by atoms with Crippen LogP contribution in [0.5, 0.6) is 0 Å². The highest BCUT2D eigenvalue weighted by Crippen LogP contribution is 2.31. The second kappa shape index (κ2) is 10.5. The summed E-state index contributed by atoms with van der Waals surface area (Å²) in [4.78, 5) is 33.1. The molecule has 0 bridgehead atoms. The zero-order valence-corrected chi connectivity index (χ0v) is 18.2. The molecule has 8 heteroatoms. The Bertz CT molecular complexity index is 1250. The molecule has 0 atom stereocenters. The lowest BCUT2D eigenvalue weighted by Crippen LogP contribution is -2.17. The highest BCUT2D eigenvalue weighted by molar-refractivity contribution is 6.13. The fourth-order valence-corrected chi connectivity index (χ4v) is 3.38. The van der Waals surface area contributed by atoms with Crippen molar-refractivity contribution in [3.63, 3.8) is 0 Å². The fraction of sp³-hybridized carbons (Fsp3) is 0.167. The third kappa shape index (κ3) is 4.78. The Balaban J connectivity index is 0.00000289. The minimum Gasteiger partial charge on any atom is -0.462 e. The van der Waals surface area contributed by atoms with Crippen molar-refractivity contribution < 1.29 is 19.1 Å². The van der Waals surface area contributed by atoms with Crippen LogP contribution in [0.3, 0.4) is 0 Å². The number of nitrogens with one attached hydrogen (secondary N) is 1. The van der Waals surface area contributed by atoms with Gasteiger partial charge in [0.25, 0.3) is 0 Å². The summed E-state index contributed by atoms with van der Waals surface area (Å²) in [5.74, 6) is -0.911. The number of hydrogen-bond acceptors (Lipinski definition) is 7. The van der Waals surface area contributed by atoms with Crippen LogP contribution in [0.1, 0.15) is 27.6 Å². The molecule has 0 fully saturated rings. The van der Waals surface area contributed by atoms with Crippen LogP contribution >= 0.6 is 12.4 Å². The number of esters is 2. The van der Waals surface area contributed by atoms with Gasteiger partial charge in [-0.15, -0.1) is 12.4 Å². The predicted molar refractivity (Wildman–Crippen MR) is 125 cm³/mol. The van der Waals surface area contributed by atoms with Gasteiger partial charge in [0, 0.05) is 35.9 Å². The van der Waals surface area contributed by atoms with Crippen LogP contribution in [0.25, 0.3) is 21.7 Å². The van der Waals surface area contributed by atoms with E-state index in [0.29, 0.717) is 23.4 Å². The van der Waals surface area contributed by atoms with E-state index in [9.17, 15) is 9.59 Å². The van der Waals surface area contributed by atoms with Gasteiger partial charge in [-0.1, -0.05) is 36.4 Å². The van der Waals surface area contributed by atoms with E-state index in [1.54, 1.807) is 25.3 Å². The minimum absolute atomic E-state index is 0. The quantitative estimate of drug-likeness (QED) is 0.248. The number of benzene rings is 2. The summed E-state index contributed by atoms with van der Waals surface area (Å²) in [6.07, 6.45) is 4.57. The number of pyridine rings is 2. The molecule has 7 nitrogen and oxygen atoms in total. The van der Waals surface area contributed by atoms with Gasteiger partial charge in [-0.3, -0.25) is 9.97 Å². The van der Waals surface area contributed by atoms with Crippen molar-refractivity contribution in [2.45, 2.75) is 6.92 Å². The fourth-order valence-electron chi connectivity index (χ4n) is 3.38. The van der Waals surface area contributed by atoms with Gasteiger partial charge >= 0.3 is 11.9 Å². The molecule has 1 N–H and O–H groups in total. The first-order chi connectivity index (χ1) is 15.2. The zero-order valence-electron chi connectivity index (χ0n) is 17.4. The summed E-state index contributed by atoms with van der Waals surface area (Å²) in [6.45, 7) is 2.44. The number of carbonyl (C=O) groups excluding carboxylic acids is 2. The molecule has 0 spiro atoms. The van der Waals surface area contributed by atoms with E-state index in [4.69, 9.17) is 9.47 Å². The maximum absolute atomic E-state index is 12.5. The summed E-state index contributed by atoms with van der Waals surface area (Å²) < 4.78 is 10.5. The van der Waals surface area contributed by atoms with Gasteiger partial charge in [0.2, 0.25) is 0 Å². The lowest BCUT2D eigenvalue weighted by Gasteiger charge is -2.15. The summed E-state index contributed by atoms with van der Waals surface area (Å²) >= 11 is 0. The number of carbonyl (C=O) groups is 2. The summed E-state index contributed by atoms with van der Waals surface area (Å²) in [5.41, 5.74) is 2.10. The SMILES string of the molecule is CCOC(=O)c1cnc2c(ccc3ccccc32)c1NCCOC(=O)c1cccnc1.Cl. The summed E-state index contributed by atoms with van der Waals surface area (Å²) in [6, 6.07) is 15.2. The van der Waals surface area contributed by atoms with Gasteiger partial charge in [0.05, 0.1) is 23.4 Å². The average molecular weight is 452 g/mol. The topological polar surface area (TPSA) is 90.4 Å². The van der Waals surface area contributed by atoms with E-state index in [1.807, 2.05) is 36.4 Å². The van der Waals surface area contributed by atoms with Gasteiger partial charge in [0.1, 0.15) is 12.2 Å². The maximum atomic E-state index is 12.5. The second-order valence-electron chi connectivity index (χ2n) is 6.75. The van der Waals surface area contributed by atoms with E-state index < -0.39 is 11.9 Å². The maximum Gasteiger partial charge on any atom is 0.341 e. The Labute approximate surface area is 191 Å². The highest BCUT2D eigenvalue weighted by atomic mass is 35.5. The van der Waals surface area contributed by atoms with Gasteiger partial charge in [0.15, 0.2) is 0 Å². The third-order valence-electron chi connectivity index (χ3n) is 4.79. The van der Waals surface area contributed by atoms with E-state index in [1.165, 1.54) is 12.4 Å². The lowest BCUT2D eigenvalue weighted by atomic mass is 10.0. The van der Waals surface area contributed by atoms with E-state index in [0.717, 1.165) is 21.7 Å². The number of halogens is 1. The summed E-state index contributed by atoms with van der Waals surface area (Å²) in [7, 11) is 0. The lowest BCUT2D eigenvalue weighted by molar-refractivity contribution is 0.0510. The largest absolute Gasteiger partial charge is 0.462 e. The Morgan fingerprint density at radius 2 is 1.78 bits per heavy atom. The Hall–Kier alpha value is -3.71. The molecule has 0 saturated carbocycles. The Morgan fingerprint density at radius 3 is 2.56 bits per heavy atom. The third-order valence-corrected chi connectivity index (χ3v) is 4.79. The van der Waals surface area contributed by atoms with Crippen molar-refractivity contribution in [2.24, 2.45) is 0 Å². The van der Waals surface area contributed by atoms with Crippen molar-refractivity contribution in [3.8, 4) is 0 Å². The smallest absolute Gasteiger partial charge is 0.341 e. The van der Waals surface area contributed by atoms with Crippen LogP contribution in [-0.4, -0.2) is 41.7 Å². The molecule has 0 radical (unpaired) electrons. The van der Waals surface area contributed by atoms with Crippen LogP contribution in [-0.2, 0) is 9.47 Å². The predicted octanol–water partition coefficient (Wildman–Crippen LogP) is 4.65. The number of aromatic nitrogens is 2. The van der Waals surface area contributed by atoms with Gasteiger partial charge in [-0.2, -0.15) is 0 Å². The number of fused-ring (bicyclic) bond motifs is 3. The van der Waals surface area contributed by atoms with E-state index in [-0.39, 0.29) is 25.6 Å². The van der Waals surface area contributed by atoms with Crippen LogP contribution in [0.15, 0.2) is 67.1 Å². The molecular formula is C24H22ClN3O4. The average Bonchev–Trinajstić information content (AvgIpc) is 2.82. The minimum atomic E-state index is -0.458. The zero-order chi connectivity index (χ0) is 21.6.